The molecule has 0 saturated carbocycles. The Morgan fingerprint density at radius 1 is 1.08 bits per heavy atom. The number of morpholine rings is 1. The van der Waals surface area contributed by atoms with Crippen molar-refractivity contribution in [3.8, 4) is 0 Å². The SMILES string of the molecule is NNc1cc(NCCN2CCOCC2)nc(Nc2ccccc2)n1. The number of rotatable bonds is 7. The maximum absolute atomic E-state index is 5.51. The molecule has 128 valence electrons. The normalized spacial score (nSPS) is 15.0. The van der Waals surface area contributed by atoms with E-state index in [0.29, 0.717) is 11.8 Å². The molecule has 0 amide bonds. The first kappa shape index (κ1) is 16.4. The molecular formula is C16H23N7O. The summed E-state index contributed by atoms with van der Waals surface area (Å²) in [5.74, 6) is 7.28. The fourth-order valence-corrected chi connectivity index (χ4v) is 2.49. The molecule has 1 saturated heterocycles. The lowest BCUT2D eigenvalue weighted by molar-refractivity contribution is 0.0398. The molecule has 0 unspecified atom stereocenters. The molecule has 24 heavy (non-hydrogen) atoms. The third-order valence-corrected chi connectivity index (χ3v) is 3.74. The van der Waals surface area contributed by atoms with E-state index in [0.717, 1.165) is 50.9 Å². The van der Waals surface area contributed by atoms with Gasteiger partial charge in [-0.25, -0.2) is 5.84 Å². The number of aromatic nitrogens is 2. The predicted octanol–water partition coefficient (Wildman–Crippen LogP) is 1.25. The van der Waals surface area contributed by atoms with Gasteiger partial charge in [-0.15, -0.1) is 0 Å². The van der Waals surface area contributed by atoms with E-state index in [1.54, 1.807) is 6.07 Å². The van der Waals surface area contributed by atoms with Gasteiger partial charge in [-0.2, -0.15) is 9.97 Å². The number of nitrogen functional groups attached to an aromatic ring is 1. The van der Waals surface area contributed by atoms with Crippen LogP contribution >= 0.6 is 0 Å². The Morgan fingerprint density at radius 2 is 1.83 bits per heavy atom. The number of nitrogens with zero attached hydrogens (tertiary/aromatic N) is 3. The van der Waals surface area contributed by atoms with E-state index in [1.807, 2.05) is 30.3 Å². The molecule has 0 spiro atoms. The minimum atomic E-state index is 0.491. The highest BCUT2D eigenvalue weighted by molar-refractivity contribution is 5.58. The number of nitrogens with two attached hydrogens (primary N) is 1. The molecule has 2 heterocycles. The third-order valence-electron chi connectivity index (χ3n) is 3.74. The summed E-state index contributed by atoms with van der Waals surface area (Å²) in [7, 11) is 0. The lowest BCUT2D eigenvalue weighted by Crippen LogP contribution is -2.39. The van der Waals surface area contributed by atoms with Crippen LogP contribution in [0.15, 0.2) is 36.4 Å². The molecular weight excluding hydrogens is 306 g/mol. The van der Waals surface area contributed by atoms with Gasteiger partial charge in [0.05, 0.1) is 13.2 Å². The van der Waals surface area contributed by atoms with E-state index in [2.05, 4.69) is 30.9 Å². The number of ether oxygens (including phenoxy) is 1. The minimum Gasteiger partial charge on any atom is -0.379 e. The molecule has 1 aliphatic heterocycles. The number of nitrogens with one attached hydrogen (secondary N) is 3. The summed E-state index contributed by atoms with van der Waals surface area (Å²) >= 11 is 0. The largest absolute Gasteiger partial charge is 0.379 e. The first-order valence-corrected chi connectivity index (χ1v) is 8.05. The molecule has 8 nitrogen and oxygen atoms in total. The van der Waals surface area contributed by atoms with Crippen LogP contribution in [-0.4, -0.2) is 54.3 Å². The highest BCUT2D eigenvalue weighted by Gasteiger charge is 2.10. The number of benzene rings is 1. The van der Waals surface area contributed by atoms with Crippen molar-refractivity contribution in [1.29, 1.82) is 0 Å². The first-order chi connectivity index (χ1) is 11.8. The average Bonchev–Trinajstić information content (AvgIpc) is 2.63. The van der Waals surface area contributed by atoms with Gasteiger partial charge in [0.2, 0.25) is 5.95 Å². The molecule has 0 atom stereocenters. The second-order valence-electron chi connectivity index (χ2n) is 5.48. The Hall–Kier alpha value is -2.42. The molecule has 0 aliphatic carbocycles. The average molecular weight is 329 g/mol. The predicted molar refractivity (Wildman–Crippen MR) is 95.3 cm³/mol. The van der Waals surface area contributed by atoms with Gasteiger partial charge in [0.15, 0.2) is 0 Å². The van der Waals surface area contributed by atoms with E-state index >= 15 is 0 Å². The van der Waals surface area contributed by atoms with Crippen LogP contribution in [-0.2, 0) is 4.74 Å². The summed E-state index contributed by atoms with van der Waals surface area (Å²) in [6.45, 7) is 5.30. The summed E-state index contributed by atoms with van der Waals surface area (Å²) in [6, 6.07) is 11.6. The summed E-state index contributed by atoms with van der Waals surface area (Å²) in [6.07, 6.45) is 0. The number of hydrogen-bond acceptors (Lipinski definition) is 8. The van der Waals surface area contributed by atoms with Crippen molar-refractivity contribution in [2.24, 2.45) is 5.84 Å². The Bertz CT molecular complexity index is 632. The van der Waals surface area contributed by atoms with Crippen LogP contribution in [0.2, 0.25) is 0 Å². The van der Waals surface area contributed by atoms with E-state index in [9.17, 15) is 0 Å². The number of anilines is 4. The zero-order valence-corrected chi connectivity index (χ0v) is 13.5. The molecule has 2 aromatic rings. The zero-order chi connectivity index (χ0) is 16.6. The molecule has 3 rings (SSSR count). The van der Waals surface area contributed by atoms with Crippen molar-refractivity contribution in [3.63, 3.8) is 0 Å². The minimum absolute atomic E-state index is 0.491. The maximum atomic E-state index is 5.51. The van der Waals surface area contributed by atoms with Crippen LogP contribution < -0.4 is 21.9 Å². The van der Waals surface area contributed by atoms with Gasteiger partial charge < -0.3 is 20.8 Å². The van der Waals surface area contributed by atoms with Gasteiger partial charge in [0.1, 0.15) is 11.6 Å². The second kappa shape index (κ2) is 8.44. The summed E-state index contributed by atoms with van der Waals surface area (Å²) in [5.41, 5.74) is 3.50. The Morgan fingerprint density at radius 3 is 2.58 bits per heavy atom. The number of hydrazine groups is 1. The van der Waals surface area contributed by atoms with E-state index < -0.39 is 0 Å². The first-order valence-electron chi connectivity index (χ1n) is 8.05. The molecule has 1 aromatic carbocycles. The molecule has 0 radical (unpaired) electrons. The highest BCUT2D eigenvalue weighted by atomic mass is 16.5. The van der Waals surface area contributed by atoms with Gasteiger partial charge >= 0.3 is 0 Å². The lowest BCUT2D eigenvalue weighted by atomic mass is 10.3. The molecule has 1 aromatic heterocycles. The summed E-state index contributed by atoms with van der Waals surface area (Å²) < 4.78 is 5.35. The van der Waals surface area contributed by atoms with E-state index in [1.165, 1.54) is 0 Å². The van der Waals surface area contributed by atoms with Crippen molar-refractivity contribution in [1.82, 2.24) is 14.9 Å². The number of para-hydroxylation sites is 1. The fourth-order valence-electron chi connectivity index (χ4n) is 2.49. The van der Waals surface area contributed by atoms with Gasteiger partial charge in [-0.05, 0) is 12.1 Å². The Balaban J connectivity index is 1.60. The summed E-state index contributed by atoms with van der Waals surface area (Å²) in [4.78, 5) is 11.2. The van der Waals surface area contributed by atoms with Crippen molar-refractivity contribution in [2.45, 2.75) is 0 Å². The van der Waals surface area contributed by atoms with Gasteiger partial charge in [-0.1, -0.05) is 18.2 Å². The monoisotopic (exact) mass is 329 g/mol. The zero-order valence-electron chi connectivity index (χ0n) is 13.5. The fraction of sp³-hybridized carbons (Fsp3) is 0.375. The van der Waals surface area contributed by atoms with Crippen molar-refractivity contribution in [2.75, 3.05) is 55.5 Å². The van der Waals surface area contributed by atoms with Crippen LogP contribution in [0.25, 0.3) is 0 Å². The van der Waals surface area contributed by atoms with Crippen LogP contribution in [0.1, 0.15) is 0 Å². The number of hydrogen-bond donors (Lipinski definition) is 4. The van der Waals surface area contributed by atoms with Crippen molar-refractivity contribution in [3.05, 3.63) is 36.4 Å². The van der Waals surface area contributed by atoms with Crippen LogP contribution in [0, 0.1) is 0 Å². The maximum Gasteiger partial charge on any atom is 0.231 e. The molecule has 1 fully saturated rings. The Kier molecular flexibility index (Phi) is 5.78. The molecule has 8 heteroatoms. The Labute approximate surface area is 141 Å². The van der Waals surface area contributed by atoms with Gasteiger partial charge in [0.25, 0.3) is 0 Å². The lowest BCUT2D eigenvalue weighted by Gasteiger charge is -2.26. The van der Waals surface area contributed by atoms with E-state index in [-0.39, 0.29) is 0 Å². The smallest absolute Gasteiger partial charge is 0.231 e. The van der Waals surface area contributed by atoms with Crippen molar-refractivity contribution < 1.29 is 4.74 Å². The van der Waals surface area contributed by atoms with Gasteiger partial charge in [0, 0.05) is 37.9 Å². The van der Waals surface area contributed by atoms with Crippen LogP contribution in [0.5, 0.6) is 0 Å². The van der Waals surface area contributed by atoms with Crippen LogP contribution in [0.3, 0.4) is 0 Å². The van der Waals surface area contributed by atoms with Gasteiger partial charge in [-0.3, -0.25) is 4.90 Å². The molecule has 0 bridgehead atoms. The van der Waals surface area contributed by atoms with E-state index in [4.69, 9.17) is 10.6 Å². The quantitative estimate of drug-likeness (QED) is 0.445. The molecule has 1 aliphatic rings. The topological polar surface area (TPSA) is 100 Å². The van der Waals surface area contributed by atoms with Crippen LogP contribution in [0.4, 0.5) is 23.3 Å². The van der Waals surface area contributed by atoms with Crippen molar-refractivity contribution >= 4 is 23.3 Å². The standard InChI is InChI=1S/C16H23N7O/c17-22-15-12-14(18-6-7-23-8-10-24-11-9-23)20-16(21-15)19-13-4-2-1-3-5-13/h1-5,12H,6-11,17H2,(H3,18,19,20,21,22). The third kappa shape index (κ3) is 4.79. The molecule has 5 N–H and O–H groups in total. The highest BCUT2D eigenvalue weighted by Crippen LogP contribution is 2.17. The second-order valence-corrected chi connectivity index (χ2v) is 5.48. The summed E-state index contributed by atoms with van der Waals surface area (Å²) in [5, 5.41) is 6.50.